The first-order valence-corrected chi connectivity index (χ1v) is 10.2. The number of aromatic nitrogens is 2. The minimum atomic E-state index is -0.276. The van der Waals surface area contributed by atoms with Gasteiger partial charge in [-0.25, -0.2) is 4.68 Å². The largest absolute Gasteiger partial charge is 0.497 e. The quantitative estimate of drug-likeness (QED) is 0.455. The third-order valence-corrected chi connectivity index (χ3v) is 4.69. The first-order valence-electron chi connectivity index (χ1n) is 10.2. The van der Waals surface area contributed by atoms with Crippen molar-refractivity contribution in [2.45, 2.75) is 6.92 Å². The third-order valence-electron chi connectivity index (χ3n) is 4.69. The molecule has 1 heterocycles. The van der Waals surface area contributed by atoms with Crippen LogP contribution in [0.15, 0.2) is 91.6 Å². The number of para-hydroxylation sites is 1. The maximum atomic E-state index is 12.5. The molecule has 0 atom stereocenters. The molecule has 0 aliphatic rings. The van der Waals surface area contributed by atoms with E-state index < -0.39 is 0 Å². The number of anilines is 1. The molecular weight excluding hydrogens is 402 g/mol. The minimum absolute atomic E-state index is 0.0994. The Hall–Kier alpha value is -3.90. The van der Waals surface area contributed by atoms with Gasteiger partial charge in [-0.15, -0.1) is 0 Å². The number of methoxy groups -OCH3 is 1. The highest BCUT2D eigenvalue weighted by atomic mass is 16.5. The number of allylic oxidation sites excluding steroid dienone is 2. The molecule has 0 aliphatic heterocycles. The molecule has 3 aromatic rings. The summed E-state index contributed by atoms with van der Waals surface area (Å²) in [6.45, 7) is 9.64. The molecule has 0 fully saturated rings. The van der Waals surface area contributed by atoms with E-state index in [9.17, 15) is 4.79 Å². The molecule has 0 radical (unpaired) electrons. The van der Waals surface area contributed by atoms with Crippen LogP contribution in [-0.2, 0) is 9.53 Å². The highest BCUT2D eigenvalue weighted by Crippen LogP contribution is 2.27. The van der Waals surface area contributed by atoms with Gasteiger partial charge >= 0.3 is 0 Å². The Morgan fingerprint density at radius 1 is 1.16 bits per heavy atom. The smallest absolute Gasteiger partial charge is 0.251 e. The van der Waals surface area contributed by atoms with E-state index in [0.717, 1.165) is 33.8 Å². The molecule has 1 amide bonds. The van der Waals surface area contributed by atoms with Crippen molar-refractivity contribution in [3.05, 3.63) is 97.1 Å². The third kappa shape index (κ3) is 5.83. The number of hydrogen-bond acceptors (Lipinski definition) is 4. The summed E-state index contributed by atoms with van der Waals surface area (Å²) in [6, 6.07) is 17.3. The fourth-order valence-corrected chi connectivity index (χ4v) is 3.06. The van der Waals surface area contributed by atoms with Crippen molar-refractivity contribution in [2.24, 2.45) is 0 Å². The van der Waals surface area contributed by atoms with Gasteiger partial charge in [0.1, 0.15) is 18.2 Å². The number of ether oxygens (including phenoxy) is 2. The first kappa shape index (κ1) is 22.8. The molecule has 0 unspecified atom stereocenters. The molecule has 164 valence electrons. The molecule has 0 saturated carbocycles. The predicted octanol–water partition coefficient (Wildman–Crippen LogP) is 5.11. The average molecular weight is 430 g/mol. The number of carbonyl (C=O) groups is 1. The Kier molecular flexibility index (Phi) is 7.78. The van der Waals surface area contributed by atoms with Gasteiger partial charge in [0.2, 0.25) is 0 Å². The summed E-state index contributed by atoms with van der Waals surface area (Å²) < 4.78 is 12.4. The summed E-state index contributed by atoms with van der Waals surface area (Å²) in [5.74, 6) is 1.05. The van der Waals surface area contributed by atoms with Crippen molar-refractivity contribution in [3.8, 4) is 22.7 Å². The summed E-state index contributed by atoms with van der Waals surface area (Å²) in [5, 5.41) is 7.66. The van der Waals surface area contributed by atoms with Gasteiger partial charge in [0.25, 0.3) is 5.91 Å². The second kappa shape index (κ2) is 10.9. The first-order chi connectivity index (χ1) is 15.5. The van der Waals surface area contributed by atoms with Crippen molar-refractivity contribution in [1.29, 1.82) is 0 Å². The van der Waals surface area contributed by atoms with Gasteiger partial charge in [-0.2, -0.15) is 5.10 Å². The van der Waals surface area contributed by atoms with Crippen molar-refractivity contribution < 1.29 is 14.3 Å². The Morgan fingerprint density at radius 3 is 2.59 bits per heavy atom. The summed E-state index contributed by atoms with van der Waals surface area (Å²) in [5.41, 5.74) is 4.31. The van der Waals surface area contributed by atoms with E-state index in [2.05, 4.69) is 18.5 Å². The van der Waals surface area contributed by atoms with Gasteiger partial charge in [0.05, 0.1) is 25.1 Å². The topological polar surface area (TPSA) is 65.4 Å². The van der Waals surface area contributed by atoms with Gasteiger partial charge in [-0.1, -0.05) is 49.6 Å². The second-order valence-corrected chi connectivity index (χ2v) is 7.14. The summed E-state index contributed by atoms with van der Waals surface area (Å²) in [7, 11) is 1.63. The molecule has 0 aliphatic carbocycles. The Morgan fingerprint density at radius 2 is 1.91 bits per heavy atom. The maximum Gasteiger partial charge on any atom is 0.251 e. The number of amides is 1. The van der Waals surface area contributed by atoms with Crippen LogP contribution in [-0.4, -0.2) is 36.0 Å². The number of nitrogens with one attached hydrogen (secondary N) is 1. The minimum Gasteiger partial charge on any atom is -0.497 e. The van der Waals surface area contributed by atoms with Gasteiger partial charge in [-0.3, -0.25) is 4.79 Å². The van der Waals surface area contributed by atoms with Crippen molar-refractivity contribution in [3.63, 3.8) is 0 Å². The lowest BCUT2D eigenvalue weighted by molar-refractivity contribution is -0.120. The Balaban J connectivity index is 1.81. The maximum absolute atomic E-state index is 12.5. The second-order valence-electron chi connectivity index (χ2n) is 7.14. The summed E-state index contributed by atoms with van der Waals surface area (Å²) >= 11 is 0. The van der Waals surface area contributed by atoms with Crippen LogP contribution in [0.4, 0.5) is 5.82 Å². The molecule has 2 aromatic carbocycles. The average Bonchev–Trinajstić information content (AvgIpc) is 3.21. The molecule has 1 aromatic heterocycles. The normalized spacial score (nSPS) is 10.8. The number of carbonyl (C=O) groups excluding carboxylic acids is 1. The monoisotopic (exact) mass is 429 g/mol. The summed E-state index contributed by atoms with van der Waals surface area (Å²) in [6.07, 6.45) is 5.22. The van der Waals surface area contributed by atoms with E-state index in [0.29, 0.717) is 5.82 Å². The number of nitrogens with zero attached hydrogens (tertiary/aromatic N) is 2. The van der Waals surface area contributed by atoms with Crippen molar-refractivity contribution >= 4 is 11.7 Å². The number of benzene rings is 2. The number of rotatable bonds is 10. The standard InChI is InChI=1S/C26H27N3O3/c1-5-6-9-19(2)17-32-18-26(30)27-25-16-23(21-12-14-22(31-4)15-13-21)28-29(25)24-11-8-7-10-20(24)3/h5-16H,1-2,17-18H2,3-4H3,(H,27,30)/b9-6-. The van der Waals surface area contributed by atoms with E-state index in [-0.39, 0.29) is 19.1 Å². The Bertz CT molecular complexity index is 1130. The molecule has 0 saturated heterocycles. The predicted molar refractivity (Wildman–Crippen MR) is 128 cm³/mol. The zero-order valence-electron chi connectivity index (χ0n) is 18.4. The van der Waals surface area contributed by atoms with Crippen LogP contribution < -0.4 is 10.1 Å². The number of hydrogen-bond donors (Lipinski definition) is 1. The molecule has 0 bridgehead atoms. The van der Waals surface area contributed by atoms with Gasteiger partial charge in [0, 0.05) is 11.6 Å². The van der Waals surface area contributed by atoms with E-state index in [1.165, 1.54) is 0 Å². The van der Waals surface area contributed by atoms with Crippen molar-refractivity contribution in [1.82, 2.24) is 9.78 Å². The molecule has 6 nitrogen and oxygen atoms in total. The van der Waals surface area contributed by atoms with E-state index >= 15 is 0 Å². The SMILES string of the molecule is C=C/C=C\C(=C)COCC(=O)Nc1cc(-c2ccc(OC)cc2)nn1-c1ccccc1C. The van der Waals surface area contributed by atoms with Crippen LogP contribution in [0.25, 0.3) is 16.9 Å². The Labute approximate surface area is 188 Å². The van der Waals surface area contributed by atoms with Crippen LogP contribution in [0.3, 0.4) is 0 Å². The van der Waals surface area contributed by atoms with Crippen LogP contribution >= 0.6 is 0 Å². The van der Waals surface area contributed by atoms with E-state index in [1.807, 2.05) is 61.5 Å². The van der Waals surface area contributed by atoms with Crippen molar-refractivity contribution in [2.75, 3.05) is 25.6 Å². The van der Waals surface area contributed by atoms with Crippen LogP contribution in [0.5, 0.6) is 5.75 Å². The lowest BCUT2D eigenvalue weighted by Crippen LogP contribution is -2.21. The van der Waals surface area contributed by atoms with E-state index in [1.54, 1.807) is 30.0 Å². The lowest BCUT2D eigenvalue weighted by atomic mass is 10.1. The summed E-state index contributed by atoms with van der Waals surface area (Å²) in [4.78, 5) is 12.5. The highest BCUT2D eigenvalue weighted by Gasteiger charge is 2.15. The zero-order valence-corrected chi connectivity index (χ0v) is 18.4. The fourth-order valence-electron chi connectivity index (χ4n) is 3.06. The van der Waals surface area contributed by atoms with Crippen LogP contribution in [0.2, 0.25) is 0 Å². The van der Waals surface area contributed by atoms with Crippen LogP contribution in [0, 0.1) is 6.92 Å². The van der Waals surface area contributed by atoms with Crippen LogP contribution in [0.1, 0.15) is 5.56 Å². The molecule has 0 spiro atoms. The number of aryl methyl sites for hydroxylation is 1. The van der Waals surface area contributed by atoms with Gasteiger partial charge in [0.15, 0.2) is 0 Å². The molecule has 32 heavy (non-hydrogen) atoms. The van der Waals surface area contributed by atoms with E-state index in [4.69, 9.17) is 14.6 Å². The molecule has 6 heteroatoms. The fraction of sp³-hybridized carbons (Fsp3) is 0.154. The highest BCUT2D eigenvalue weighted by molar-refractivity contribution is 5.92. The molecular formula is C26H27N3O3. The van der Waals surface area contributed by atoms with Gasteiger partial charge < -0.3 is 14.8 Å². The molecule has 1 N–H and O–H groups in total. The van der Waals surface area contributed by atoms with Gasteiger partial charge in [-0.05, 0) is 48.4 Å². The molecule has 3 rings (SSSR count). The lowest BCUT2D eigenvalue weighted by Gasteiger charge is -2.11. The zero-order chi connectivity index (χ0) is 22.9.